The third-order valence-corrected chi connectivity index (χ3v) is 7.85. The summed E-state index contributed by atoms with van der Waals surface area (Å²) in [6.45, 7) is 6.07. The summed E-state index contributed by atoms with van der Waals surface area (Å²) in [4.78, 5) is 26.0. The lowest BCUT2D eigenvalue weighted by Gasteiger charge is -2.35. The van der Waals surface area contributed by atoms with Crippen molar-refractivity contribution in [3.8, 4) is 23.3 Å². The highest BCUT2D eigenvalue weighted by molar-refractivity contribution is 9.10. The van der Waals surface area contributed by atoms with E-state index in [4.69, 9.17) is 18.9 Å². The maximum Gasteiger partial charge on any atom is 0.350 e. The van der Waals surface area contributed by atoms with Crippen molar-refractivity contribution in [3.05, 3.63) is 75.0 Å². The average Bonchev–Trinajstić information content (AvgIpc) is 2.95. The topological polar surface area (TPSA) is 107 Å². The van der Waals surface area contributed by atoms with Crippen molar-refractivity contribution >= 4 is 27.7 Å². The third-order valence-electron chi connectivity index (χ3n) is 7.26. The predicted octanol–water partition coefficient (Wildman–Crippen LogP) is 6.36. The molecule has 1 heterocycles. The fourth-order valence-electron chi connectivity index (χ4n) is 5.48. The number of ether oxygens (including phenoxy) is 4. The Labute approximate surface area is 249 Å². The molecular formula is C32H35BrN2O6. The maximum atomic E-state index is 13.5. The first kappa shape index (κ1) is 30.2. The molecule has 0 aromatic heterocycles. The number of para-hydroxylation sites is 1. The molecule has 0 fully saturated rings. The summed E-state index contributed by atoms with van der Waals surface area (Å²) in [6.07, 6.45) is 2.22. The molecule has 216 valence electrons. The van der Waals surface area contributed by atoms with Gasteiger partial charge in [-0.05, 0) is 78.4 Å². The van der Waals surface area contributed by atoms with Gasteiger partial charge >= 0.3 is 5.97 Å². The minimum absolute atomic E-state index is 0.0656. The van der Waals surface area contributed by atoms with Crippen molar-refractivity contribution in [2.75, 3.05) is 20.3 Å². The van der Waals surface area contributed by atoms with E-state index in [-0.39, 0.29) is 18.3 Å². The van der Waals surface area contributed by atoms with Crippen LogP contribution in [0.15, 0.2) is 69.5 Å². The smallest absolute Gasteiger partial charge is 0.350 e. The third kappa shape index (κ3) is 6.76. The molecule has 41 heavy (non-hydrogen) atoms. The minimum Gasteiger partial charge on any atom is -0.490 e. The van der Waals surface area contributed by atoms with Crippen LogP contribution < -0.4 is 19.5 Å². The largest absolute Gasteiger partial charge is 0.490 e. The number of carbonyl (C=O) groups is 2. The number of nitriles is 1. The standard InChI is InChI=1S/C32H35BrN2O6/c1-5-10-20-13-25-30(26(36)14-20)29(23(17-34)19(3)35-25)21-15-24(33)31(27(16-21)39-6-2)40-18-28(32(37)38-4)41-22-11-8-7-9-12-22/h7-9,11-12,15-16,20,28-29,35H,5-6,10,13-14,18H2,1-4H3. The number of allylic oxidation sites excluding steroid dienone is 4. The molecule has 0 radical (unpaired) electrons. The Hall–Kier alpha value is -3.77. The molecule has 0 saturated heterocycles. The van der Waals surface area contributed by atoms with E-state index in [1.807, 2.05) is 32.0 Å². The Kier molecular flexibility index (Phi) is 10.1. The van der Waals surface area contributed by atoms with Crippen molar-refractivity contribution in [2.24, 2.45) is 5.92 Å². The van der Waals surface area contributed by atoms with Crippen LogP contribution >= 0.6 is 15.9 Å². The quantitative estimate of drug-likeness (QED) is 0.288. The zero-order chi connectivity index (χ0) is 29.5. The van der Waals surface area contributed by atoms with Crippen LogP contribution in [0, 0.1) is 17.2 Å². The molecule has 0 spiro atoms. The number of hydrogen-bond acceptors (Lipinski definition) is 8. The van der Waals surface area contributed by atoms with Crippen LogP contribution in [0.2, 0.25) is 0 Å². The van der Waals surface area contributed by atoms with E-state index in [0.29, 0.717) is 45.9 Å². The molecule has 2 aromatic carbocycles. The Morgan fingerprint density at radius 2 is 1.93 bits per heavy atom. The number of nitrogens with one attached hydrogen (secondary N) is 1. The zero-order valence-corrected chi connectivity index (χ0v) is 25.4. The van der Waals surface area contributed by atoms with E-state index >= 15 is 0 Å². The molecule has 0 amide bonds. The van der Waals surface area contributed by atoms with Gasteiger partial charge in [-0.2, -0.15) is 5.26 Å². The summed E-state index contributed by atoms with van der Waals surface area (Å²) in [5.74, 6) is 0.550. The Morgan fingerprint density at radius 3 is 2.59 bits per heavy atom. The highest BCUT2D eigenvalue weighted by atomic mass is 79.9. The van der Waals surface area contributed by atoms with Crippen LogP contribution in [0.5, 0.6) is 17.2 Å². The highest BCUT2D eigenvalue weighted by Crippen LogP contribution is 2.47. The molecule has 1 aliphatic heterocycles. The van der Waals surface area contributed by atoms with Gasteiger partial charge < -0.3 is 24.3 Å². The first-order valence-corrected chi connectivity index (χ1v) is 14.6. The number of rotatable bonds is 11. The van der Waals surface area contributed by atoms with Crippen molar-refractivity contribution in [1.82, 2.24) is 5.32 Å². The van der Waals surface area contributed by atoms with E-state index < -0.39 is 18.0 Å². The van der Waals surface area contributed by atoms with Crippen LogP contribution in [0.4, 0.5) is 0 Å². The average molecular weight is 624 g/mol. The lowest BCUT2D eigenvalue weighted by atomic mass is 9.72. The molecule has 1 aliphatic carbocycles. The predicted molar refractivity (Wildman–Crippen MR) is 158 cm³/mol. The number of carbonyl (C=O) groups excluding carboxylic acids is 2. The van der Waals surface area contributed by atoms with Crippen LogP contribution in [0.1, 0.15) is 57.9 Å². The van der Waals surface area contributed by atoms with Crippen LogP contribution in [-0.4, -0.2) is 38.2 Å². The van der Waals surface area contributed by atoms with Crippen molar-refractivity contribution in [1.29, 1.82) is 5.26 Å². The fourth-order valence-corrected chi connectivity index (χ4v) is 6.05. The second-order valence-corrected chi connectivity index (χ2v) is 11.0. The number of nitrogens with zero attached hydrogens (tertiary/aromatic N) is 1. The normalized spacial score (nSPS) is 19.1. The lowest BCUT2D eigenvalue weighted by Crippen LogP contribution is -2.35. The SMILES string of the molecule is CCCC1CC(=O)C2=C(C1)NC(C)=C(C#N)C2c1cc(Br)c(OCC(Oc2ccccc2)C(=O)OC)c(OCC)c1. The summed E-state index contributed by atoms with van der Waals surface area (Å²) in [7, 11) is 1.29. The molecule has 4 rings (SSSR count). The number of benzene rings is 2. The number of Topliss-reactive ketones (excluding diaryl/α,β-unsaturated/α-hetero) is 1. The van der Waals surface area contributed by atoms with Gasteiger partial charge in [0.15, 0.2) is 17.3 Å². The van der Waals surface area contributed by atoms with Gasteiger partial charge in [0.1, 0.15) is 12.4 Å². The molecule has 1 N–H and O–H groups in total. The van der Waals surface area contributed by atoms with E-state index in [1.54, 1.807) is 24.3 Å². The van der Waals surface area contributed by atoms with Gasteiger partial charge in [0.05, 0.1) is 35.7 Å². The number of dihydropyridines is 1. The summed E-state index contributed by atoms with van der Waals surface area (Å²) in [5, 5.41) is 13.5. The van der Waals surface area contributed by atoms with Crippen molar-refractivity contribution in [2.45, 2.75) is 58.5 Å². The molecule has 3 atom stereocenters. The molecule has 0 bridgehead atoms. The van der Waals surface area contributed by atoms with Gasteiger partial charge in [-0.15, -0.1) is 0 Å². The number of hydrogen-bond donors (Lipinski definition) is 1. The molecule has 8 nitrogen and oxygen atoms in total. The minimum atomic E-state index is -1.02. The number of esters is 1. The second-order valence-electron chi connectivity index (χ2n) is 10.1. The number of halogens is 1. The Balaban J connectivity index is 1.69. The molecule has 0 saturated carbocycles. The van der Waals surface area contributed by atoms with Crippen LogP contribution in [0.3, 0.4) is 0 Å². The number of ketones is 1. The summed E-state index contributed by atoms with van der Waals surface area (Å²) in [5.41, 5.74) is 3.52. The molecule has 2 aliphatic rings. The summed E-state index contributed by atoms with van der Waals surface area (Å²) in [6, 6.07) is 14.9. The molecule has 3 unspecified atom stereocenters. The van der Waals surface area contributed by atoms with Crippen LogP contribution in [0.25, 0.3) is 0 Å². The van der Waals surface area contributed by atoms with Crippen molar-refractivity contribution < 1.29 is 28.5 Å². The van der Waals surface area contributed by atoms with E-state index in [1.165, 1.54) is 7.11 Å². The van der Waals surface area contributed by atoms with Gasteiger partial charge in [0.2, 0.25) is 6.10 Å². The van der Waals surface area contributed by atoms with Gasteiger partial charge in [-0.1, -0.05) is 31.5 Å². The van der Waals surface area contributed by atoms with E-state index in [2.05, 4.69) is 34.2 Å². The fraction of sp³-hybridized carbons (Fsp3) is 0.406. The lowest BCUT2D eigenvalue weighted by molar-refractivity contribution is -0.150. The summed E-state index contributed by atoms with van der Waals surface area (Å²) < 4.78 is 23.4. The first-order chi connectivity index (χ1) is 19.8. The zero-order valence-electron chi connectivity index (χ0n) is 23.8. The van der Waals surface area contributed by atoms with Gasteiger partial charge in [0.25, 0.3) is 0 Å². The van der Waals surface area contributed by atoms with E-state index in [9.17, 15) is 14.9 Å². The molecule has 2 aromatic rings. The summed E-state index contributed by atoms with van der Waals surface area (Å²) >= 11 is 3.62. The molecular weight excluding hydrogens is 588 g/mol. The van der Waals surface area contributed by atoms with E-state index in [0.717, 1.165) is 36.2 Å². The van der Waals surface area contributed by atoms with Crippen molar-refractivity contribution in [3.63, 3.8) is 0 Å². The molecule has 9 heteroatoms. The van der Waals surface area contributed by atoms with Gasteiger partial charge in [-0.3, -0.25) is 4.79 Å². The Bertz CT molecular complexity index is 1390. The van der Waals surface area contributed by atoms with Gasteiger partial charge in [0, 0.05) is 23.4 Å². The first-order valence-electron chi connectivity index (χ1n) is 13.8. The number of methoxy groups -OCH3 is 1. The Morgan fingerprint density at radius 1 is 1.17 bits per heavy atom. The second kappa shape index (κ2) is 13.7. The van der Waals surface area contributed by atoms with Gasteiger partial charge in [-0.25, -0.2) is 4.79 Å². The van der Waals surface area contributed by atoms with Crippen LogP contribution in [-0.2, 0) is 14.3 Å². The highest BCUT2D eigenvalue weighted by Gasteiger charge is 2.39. The maximum absolute atomic E-state index is 13.5. The monoisotopic (exact) mass is 622 g/mol.